The Morgan fingerprint density at radius 1 is 1.58 bits per heavy atom. The Kier molecular flexibility index (Phi) is 3.89. The van der Waals surface area contributed by atoms with Crippen molar-refractivity contribution in [2.24, 2.45) is 0 Å². The highest BCUT2D eigenvalue weighted by atomic mass is 32.2. The van der Waals surface area contributed by atoms with E-state index in [1.807, 2.05) is 0 Å². The number of nitrogens with zero attached hydrogens (tertiary/aromatic N) is 3. The molecule has 1 N–H and O–H groups in total. The van der Waals surface area contributed by atoms with Crippen molar-refractivity contribution in [2.45, 2.75) is 18.1 Å². The van der Waals surface area contributed by atoms with Crippen molar-refractivity contribution in [2.75, 3.05) is 19.3 Å². The van der Waals surface area contributed by atoms with Crippen LogP contribution in [-0.4, -0.2) is 50.8 Å². The minimum Gasteiger partial charge on any atom is -0.481 e. The third-order valence-electron chi connectivity index (χ3n) is 2.79. The van der Waals surface area contributed by atoms with E-state index in [2.05, 4.69) is 4.98 Å². The van der Waals surface area contributed by atoms with E-state index in [-0.39, 0.29) is 24.1 Å². The number of carbonyl (C=O) groups excluding carboxylic acids is 1. The minimum atomic E-state index is -0.986. The SMILES string of the molecule is CN(CCC(=O)O)C(=O)c1cnc2n(c1=O)CCS2. The van der Waals surface area contributed by atoms with E-state index in [1.165, 1.54) is 34.5 Å². The summed E-state index contributed by atoms with van der Waals surface area (Å²) in [6.07, 6.45) is 1.11. The maximum atomic E-state index is 12.1. The Balaban J connectivity index is 2.20. The lowest BCUT2D eigenvalue weighted by molar-refractivity contribution is -0.137. The van der Waals surface area contributed by atoms with Gasteiger partial charge in [0, 0.05) is 32.1 Å². The third-order valence-corrected chi connectivity index (χ3v) is 3.77. The highest BCUT2D eigenvalue weighted by Gasteiger charge is 2.22. The van der Waals surface area contributed by atoms with Crippen molar-refractivity contribution < 1.29 is 14.7 Å². The van der Waals surface area contributed by atoms with Gasteiger partial charge in [-0.15, -0.1) is 0 Å². The van der Waals surface area contributed by atoms with Gasteiger partial charge in [0.1, 0.15) is 5.56 Å². The summed E-state index contributed by atoms with van der Waals surface area (Å²) < 4.78 is 1.48. The molecule has 0 fully saturated rings. The maximum absolute atomic E-state index is 12.1. The molecule has 1 aliphatic heterocycles. The van der Waals surface area contributed by atoms with Gasteiger partial charge < -0.3 is 10.0 Å². The highest BCUT2D eigenvalue weighted by Crippen LogP contribution is 2.20. The van der Waals surface area contributed by atoms with Crippen LogP contribution in [0.5, 0.6) is 0 Å². The number of rotatable bonds is 4. The molecule has 0 atom stereocenters. The van der Waals surface area contributed by atoms with Crippen molar-refractivity contribution in [3.8, 4) is 0 Å². The van der Waals surface area contributed by atoms with Crippen molar-refractivity contribution in [1.82, 2.24) is 14.5 Å². The number of aliphatic carboxylic acids is 1. The summed E-state index contributed by atoms with van der Waals surface area (Å²) in [7, 11) is 1.47. The lowest BCUT2D eigenvalue weighted by atomic mass is 10.2. The van der Waals surface area contributed by atoms with Crippen LogP contribution in [0.2, 0.25) is 0 Å². The van der Waals surface area contributed by atoms with E-state index in [1.54, 1.807) is 0 Å². The van der Waals surface area contributed by atoms with Crippen LogP contribution in [0, 0.1) is 0 Å². The summed E-state index contributed by atoms with van der Waals surface area (Å²) in [6.45, 7) is 0.607. The molecule has 0 saturated heterocycles. The molecule has 1 aromatic rings. The molecule has 0 radical (unpaired) electrons. The molecule has 1 aliphatic rings. The van der Waals surface area contributed by atoms with Gasteiger partial charge in [0.25, 0.3) is 11.5 Å². The first kappa shape index (κ1) is 13.6. The fourth-order valence-corrected chi connectivity index (χ4v) is 2.65. The van der Waals surface area contributed by atoms with Crippen LogP contribution >= 0.6 is 11.8 Å². The van der Waals surface area contributed by atoms with Gasteiger partial charge in [-0.1, -0.05) is 11.8 Å². The Labute approximate surface area is 113 Å². The van der Waals surface area contributed by atoms with Crippen molar-refractivity contribution >= 4 is 23.6 Å². The number of amides is 1. The van der Waals surface area contributed by atoms with Crippen LogP contribution in [-0.2, 0) is 11.3 Å². The molecule has 0 aromatic carbocycles. The molecular weight excluding hydrogens is 270 g/mol. The van der Waals surface area contributed by atoms with Crippen LogP contribution in [0.4, 0.5) is 0 Å². The molecule has 7 nitrogen and oxygen atoms in total. The average molecular weight is 283 g/mol. The first-order valence-electron chi connectivity index (χ1n) is 5.70. The molecule has 1 amide bonds. The zero-order chi connectivity index (χ0) is 14.0. The predicted molar refractivity (Wildman–Crippen MR) is 68.4 cm³/mol. The van der Waals surface area contributed by atoms with Crippen LogP contribution in [0.25, 0.3) is 0 Å². The topological polar surface area (TPSA) is 92.5 Å². The molecule has 0 saturated carbocycles. The molecule has 1 aromatic heterocycles. The number of hydrogen-bond donors (Lipinski definition) is 1. The summed E-state index contributed by atoms with van der Waals surface area (Å²) in [5.74, 6) is -0.708. The average Bonchev–Trinajstić information content (AvgIpc) is 2.84. The number of carbonyl (C=O) groups is 2. The monoisotopic (exact) mass is 283 g/mol. The molecule has 8 heteroatoms. The second-order valence-electron chi connectivity index (χ2n) is 4.13. The molecule has 0 bridgehead atoms. The van der Waals surface area contributed by atoms with Crippen molar-refractivity contribution in [3.63, 3.8) is 0 Å². The van der Waals surface area contributed by atoms with Gasteiger partial charge in [-0.2, -0.15) is 0 Å². The summed E-state index contributed by atoms with van der Waals surface area (Å²) in [4.78, 5) is 39.9. The smallest absolute Gasteiger partial charge is 0.305 e. The zero-order valence-electron chi connectivity index (χ0n) is 10.3. The second-order valence-corrected chi connectivity index (χ2v) is 5.19. The zero-order valence-corrected chi connectivity index (χ0v) is 11.1. The molecule has 2 rings (SSSR count). The lowest BCUT2D eigenvalue weighted by Crippen LogP contribution is -2.35. The highest BCUT2D eigenvalue weighted by molar-refractivity contribution is 7.99. The van der Waals surface area contributed by atoms with E-state index in [4.69, 9.17) is 5.11 Å². The summed E-state index contributed by atoms with van der Waals surface area (Å²) in [6, 6.07) is 0. The van der Waals surface area contributed by atoms with E-state index >= 15 is 0 Å². The first-order valence-corrected chi connectivity index (χ1v) is 6.69. The number of hydrogen-bond acceptors (Lipinski definition) is 5. The van der Waals surface area contributed by atoms with Gasteiger partial charge in [0.15, 0.2) is 5.16 Å². The van der Waals surface area contributed by atoms with Gasteiger partial charge in [0.2, 0.25) is 0 Å². The van der Waals surface area contributed by atoms with Crippen LogP contribution < -0.4 is 5.56 Å². The van der Waals surface area contributed by atoms with Crippen molar-refractivity contribution in [3.05, 3.63) is 22.1 Å². The van der Waals surface area contributed by atoms with Gasteiger partial charge in [-0.05, 0) is 0 Å². The van der Waals surface area contributed by atoms with E-state index in [0.29, 0.717) is 11.7 Å². The summed E-state index contributed by atoms with van der Waals surface area (Å²) >= 11 is 1.47. The van der Waals surface area contributed by atoms with Gasteiger partial charge >= 0.3 is 5.97 Å². The van der Waals surface area contributed by atoms with E-state index in [9.17, 15) is 14.4 Å². The number of fused-ring (bicyclic) bond motifs is 1. The number of aromatic nitrogens is 2. The van der Waals surface area contributed by atoms with Gasteiger partial charge in [-0.3, -0.25) is 19.0 Å². The number of carboxylic acid groups (broad SMARTS) is 1. The van der Waals surface area contributed by atoms with Crippen LogP contribution in [0.1, 0.15) is 16.8 Å². The first-order chi connectivity index (χ1) is 9.00. The normalized spacial score (nSPS) is 13.1. The largest absolute Gasteiger partial charge is 0.481 e. The number of thioether (sulfide) groups is 1. The fourth-order valence-electron chi connectivity index (χ4n) is 1.73. The Morgan fingerprint density at radius 2 is 2.32 bits per heavy atom. The Hall–Kier alpha value is -1.83. The molecule has 2 heterocycles. The molecular formula is C11H13N3O4S. The molecule has 0 spiro atoms. The molecule has 0 unspecified atom stereocenters. The van der Waals surface area contributed by atoms with Gasteiger partial charge in [-0.25, -0.2) is 4.98 Å². The van der Waals surface area contributed by atoms with Crippen molar-refractivity contribution in [1.29, 1.82) is 0 Å². The Morgan fingerprint density at radius 3 is 3.00 bits per heavy atom. The lowest BCUT2D eigenvalue weighted by Gasteiger charge is -2.15. The molecule has 19 heavy (non-hydrogen) atoms. The Bertz CT molecular complexity index is 584. The third kappa shape index (κ3) is 2.78. The summed E-state index contributed by atoms with van der Waals surface area (Å²) in [5.41, 5.74) is -0.374. The standard InChI is InChI=1S/C11H13N3O4S/c1-13(3-2-8(15)16)9(17)7-6-12-11-14(10(7)18)4-5-19-11/h6H,2-5H2,1H3,(H,15,16). The molecule has 102 valence electrons. The van der Waals surface area contributed by atoms with Crippen LogP contribution in [0.3, 0.4) is 0 Å². The predicted octanol–water partition coefficient (Wildman–Crippen LogP) is -0.104. The van der Waals surface area contributed by atoms with Crippen LogP contribution in [0.15, 0.2) is 16.1 Å². The van der Waals surface area contributed by atoms with Gasteiger partial charge in [0.05, 0.1) is 6.42 Å². The minimum absolute atomic E-state index is 0.0147. The van der Waals surface area contributed by atoms with E-state index < -0.39 is 11.9 Å². The second kappa shape index (κ2) is 5.43. The quantitative estimate of drug-likeness (QED) is 0.775. The fraction of sp³-hybridized carbons (Fsp3) is 0.455. The summed E-state index contributed by atoms with van der Waals surface area (Å²) in [5, 5.41) is 9.20. The molecule has 0 aliphatic carbocycles. The van der Waals surface area contributed by atoms with E-state index in [0.717, 1.165) is 5.75 Å². The maximum Gasteiger partial charge on any atom is 0.305 e. The number of carboxylic acids is 1.